The van der Waals surface area contributed by atoms with Crippen LogP contribution in [-0.2, 0) is 4.74 Å². The van der Waals surface area contributed by atoms with Gasteiger partial charge >= 0.3 is 5.97 Å². The molecule has 0 amide bonds. The summed E-state index contributed by atoms with van der Waals surface area (Å²) in [5, 5.41) is 18.0. The third kappa shape index (κ3) is 2.47. The molecule has 0 spiro atoms. The number of halogens is 1. The quantitative estimate of drug-likeness (QED) is 0.841. The van der Waals surface area contributed by atoms with Gasteiger partial charge in [-0.2, -0.15) is 10.5 Å². The number of methoxy groups -OCH3 is 1. The highest BCUT2D eigenvalue weighted by Gasteiger charge is 2.21. The van der Waals surface area contributed by atoms with Crippen LogP contribution in [0.3, 0.4) is 0 Å². The molecular formula is C14H9BrN4O2. The molecule has 0 atom stereocenters. The molecule has 0 aliphatic carbocycles. The van der Waals surface area contributed by atoms with Gasteiger partial charge in [0, 0.05) is 16.4 Å². The second kappa shape index (κ2) is 5.70. The first kappa shape index (κ1) is 14.6. The molecule has 0 radical (unpaired) electrons. The molecule has 2 rings (SSSR count). The molecule has 2 N–H and O–H groups in total. The molecule has 7 heteroatoms. The van der Waals surface area contributed by atoms with Gasteiger partial charge in [0.2, 0.25) is 0 Å². The Balaban J connectivity index is 2.70. The van der Waals surface area contributed by atoms with Crippen molar-refractivity contribution in [3.05, 3.63) is 45.7 Å². The Labute approximate surface area is 129 Å². The number of benzene rings is 1. The van der Waals surface area contributed by atoms with Crippen molar-refractivity contribution in [1.29, 1.82) is 10.5 Å². The van der Waals surface area contributed by atoms with Gasteiger partial charge in [0.05, 0.1) is 23.9 Å². The zero-order valence-electron chi connectivity index (χ0n) is 10.9. The molecule has 1 aromatic carbocycles. The normalized spacial score (nSPS) is 9.71. The predicted molar refractivity (Wildman–Crippen MR) is 78.7 cm³/mol. The van der Waals surface area contributed by atoms with Crippen molar-refractivity contribution in [2.75, 3.05) is 12.8 Å². The zero-order chi connectivity index (χ0) is 15.6. The van der Waals surface area contributed by atoms with Gasteiger partial charge < -0.3 is 15.0 Å². The Morgan fingerprint density at radius 2 is 2.00 bits per heavy atom. The lowest BCUT2D eigenvalue weighted by Crippen LogP contribution is -2.11. The fourth-order valence-electron chi connectivity index (χ4n) is 1.86. The molecule has 0 saturated carbocycles. The summed E-state index contributed by atoms with van der Waals surface area (Å²) in [6, 6.07) is 8.86. The lowest BCUT2D eigenvalue weighted by molar-refractivity contribution is 0.0593. The first-order valence-corrected chi connectivity index (χ1v) is 6.52. The monoisotopic (exact) mass is 344 g/mol. The van der Waals surface area contributed by atoms with E-state index in [1.807, 2.05) is 12.1 Å². The van der Waals surface area contributed by atoms with Crippen LogP contribution in [0.15, 0.2) is 28.9 Å². The SMILES string of the molecule is COC(=O)c1c(N)c(C#N)cn1-c1ccc(C#N)c(Br)c1. The Hall–Kier alpha value is -2.77. The summed E-state index contributed by atoms with van der Waals surface area (Å²) < 4.78 is 6.74. The van der Waals surface area contributed by atoms with Gasteiger partial charge in [0.1, 0.15) is 12.1 Å². The predicted octanol–water partition coefficient (Wildman–Crippen LogP) is 2.35. The Bertz CT molecular complexity index is 812. The van der Waals surface area contributed by atoms with Crippen molar-refractivity contribution in [1.82, 2.24) is 4.57 Å². The maximum absolute atomic E-state index is 11.9. The molecular weight excluding hydrogens is 336 g/mol. The van der Waals surface area contributed by atoms with Crippen LogP contribution < -0.4 is 5.73 Å². The fraction of sp³-hybridized carbons (Fsp3) is 0.0714. The minimum atomic E-state index is -0.644. The van der Waals surface area contributed by atoms with Crippen molar-refractivity contribution in [2.24, 2.45) is 0 Å². The molecule has 0 aliphatic rings. The van der Waals surface area contributed by atoms with Crippen LogP contribution in [0.25, 0.3) is 5.69 Å². The second-order valence-electron chi connectivity index (χ2n) is 4.05. The number of rotatable bonds is 2. The van der Waals surface area contributed by atoms with Gasteiger partial charge in [-0.15, -0.1) is 0 Å². The zero-order valence-corrected chi connectivity index (χ0v) is 12.5. The van der Waals surface area contributed by atoms with E-state index in [9.17, 15) is 4.79 Å². The standard InChI is InChI=1S/C14H9BrN4O2/c1-21-14(20)13-12(18)9(6-17)7-19(13)10-3-2-8(5-16)11(15)4-10/h2-4,7H,18H2,1H3. The Kier molecular flexibility index (Phi) is 3.97. The van der Waals surface area contributed by atoms with E-state index < -0.39 is 5.97 Å². The van der Waals surface area contributed by atoms with E-state index in [0.29, 0.717) is 15.7 Å². The lowest BCUT2D eigenvalue weighted by atomic mass is 10.2. The number of aromatic nitrogens is 1. The van der Waals surface area contributed by atoms with Crippen LogP contribution in [0.1, 0.15) is 21.6 Å². The van der Waals surface area contributed by atoms with Crippen molar-refractivity contribution in [3.8, 4) is 17.8 Å². The molecule has 1 aromatic heterocycles. The molecule has 1 heterocycles. The topological polar surface area (TPSA) is 105 Å². The number of anilines is 1. The number of nitrogens with zero attached hydrogens (tertiary/aromatic N) is 3. The number of ether oxygens (including phenoxy) is 1. The van der Waals surface area contributed by atoms with Gasteiger partial charge in [-0.05, 0) is 34.1 Å². The van der Waals surface area contributed by atoms with E-state index in [0.717, 1.165) is 0 Å². The van der Waals surface area contributed by atoms with E-state index in [4.69, 9.17) is 21.0 Å². The fourth-order valence-corrected chi connectivity index (χ4v) is 2.32. The first-order chi connectivity index (χ1) is 10.0. The number of esters is 1. The summed E-state index contributed by atoms with van der Waals surface area (Å²) >= 11 is 3.28. The third-order valence-electron chi connectivity index (χ3n) is 2.89. The molecule has 0 aliphatic heterocycles. The van der Waals surface area contributed by atoms with E-state index in [-0.39, 0.29) is 16.9 Å². The average molecular weight is 345 g/mol. The van der Waals surface area contributed by atoms with Crippen molar-refractivity contribution < 1.29 is 9.53 Å². The lowest BCUT2D eigenvalue weighted by Gasteiger charge is -2.09. The minimum Gasteiger partial charge on any atom is -0.464 e. The van der Waals surface area contributed by atoms with Gasteiger partial charge in [-0.25, -0.2) is 4.79 Å². The van der Waals surface area contributed by atoms with Crippen molar-refractivity contribution in [2.45, 2.75) is 0 Å². The summed E-state index contributed by atoms with van der Waals surface area (Å²) in [4.78, 5) is 11.9. The van der Waals surface area contributed by atoms with Crippen LogP contribution in [0.2, 0.25) is 0 Å². The number of hydrogen-bond acceptors (Lipinski definition) is 5. The molecule has 104 valence electrons. The van der Waals surface area contributed by atoms with E-state index in [1.165, 1.54) is 17.9 Å². The van der Waals surface area contributed by atoms with E-state index in [1.54, 1.807) is 18.2 Å². The molecule has 0 fully saturated rings. The van der Waals surface area contributed by atoms with Crippen LogP contribution in [0, 0.1) is 22.7 Å². The summed E-state index contributed by atoms with van der Waals surface area (Å²) in [5.41, 5.74) is 7.16. The highest BCUT2D eigenvalue weighted by molar-refractivity contribution is 9.10. The molecule has 0 saturated heterocycles. The second-order valence-corrected chi connectivity index (χ2v) is 4.91. The molecule has 21 heavy (non-hydrogen) atoms. The van der Waals surface area contributed by atoms with Gasteiger partial charge in [-0.3, -0.25) is 0 Å². The number of hydrogen-bond donors (Lipinski definition) is 1. The van der Waals surface area contributed by atoms with Crippen LogP contribution in [-0.4, -0.2) is 17.6 Å². The van der Waals surface area contributed by atoms with Crippen LogP contribution >= 0.6 is 15.9 Å². The smallest absolute Gasteiger partial charge is 0.357 e. The Morgan fingerprint density at radius 1 is 1.33 bits per heavy atom. The number of nitriles is 2. The highest BCUT2D eigenvalue weighted by Crippen LogP contribution is 2.27. The Morgan fingerprint density at radius 3 is 2.52 bits per heavy atom. The summed E-state index contributed by atoms with van der Waals surface area (Å²) in [6.45, 7) is 0. The molecule has 2 aromatic rings. The number of carbonyl (C=O) groups excluding carboxylic acids is 1. The molecule has 0 unspecified atom stereocenters. The molecule has 0 bridgehead atoms. The van der Waals surface area contributed by atoms with Gasteiger partial charge in [0.15, 0.2) is 5.69 Å². The molecule has 6 nitrogen and oxygen atoms in total. The van der Waals surface area contributed by atoms with Crippen LogP contribution in [0.5, 0.6) is 0 Å². The number of nitrogens with two attached hydrogens (primary N) is 1. The van der Waals surface area contributed by atoms with Crippen molar-refractivity contribution >= 4 is 27.6 Å². The summed E-state index contributed by atoms with van der Waals surface area (Å²) in [7, 11) is 1.24. The van der Waals surface area contributed by atoms with Crippen LogP contribution in [0.4, 0.5) is 5.69 Å². The van der Waals surface area contributed by atoms with E-state index >= 15 is 0 Å². The summed E-state index contributed by atoms with van der Waals surface area (Å²) in [6.07, 6.45) is 1.45. The minimum absolute atomic E-state index is 0.0600. The largest absolute Gasteiger partial charge is 0.464 e. The average Bonchev–Trinajstić information content (AvgIpc) is 2.83. The van der Waals surface area contributed by atoms with Gasteiger partial charge in [-0.1, -0.05) is 0 Å². The maximum atomic E-state index is 11.9. The van der Waals surface area contributed by atoms with Gasteiger partial charge in [0.25, 0.3) is 0 Å². The third-order valence-corrected chi connectivity index (χ3v) is 3.55. The highest BCUT2D eigenvalue weighted by atomic mass is 79.9. The van der Waals surface area contributed by atoms with Crippen molar-refractivity contribution in [3.63, 3.8) is 0 Å². The van der Waals surface area contributed by atoms with E-state index in [2.05, 4.69) is 15.9 Å². The number of nitrogen functional groups attached to an aromatic ring is 1. The maximum Gasteiger partial charge on any atom is 0.357 e. The number of carbonyl (C=O) groups is 1. The first-order valence-electron chi connectivity index (χ1n) is 5.72. The summed E-state index contributed by atoms with van der Waals surface area (Å²) in [5.74, 6) is -0.644.